The Balaban J connectivity index is 0.00000324. The number of carbonyl (C=O) groups is 1. The lowest BCUT2D eigenvalue weighted by Crippen LogP contribution is -2.55. The molecule has 5 heteroatoms. The third-order valence-corrected chi connectivity index (χ3v) is 3.61. The fourth-order valence-electron chi connectivity index (χ4n) is 1.63. The molecule has 0 aliphatic heterocycles. The van der Waals surface area contributed by atoms with Gasteiger partial charge in [-0.2, -0.15) is 0 Å². The summed E-state index contributed by atoms with van der Waals surface area (Å²) in [6.45, 7) is 6.48. The summed E-state index contributed by atoms with van der Waals surface area (Å²) in [6.07, 6.45) is 0.322. The van der Waals surface area contributed by atoms with Gasteiger partial charge in [-0.3, -0.25) is 4.79 Å². The number of nitrogens with two attached hydrogens (primary N) is 1. The zero-order chi connectivity index (χ0) is 13.8. The number of carbonyl (C=O) groups excluding carboxylic acids is 1. The Morgan fingerprint density at radius 2 is 2.11 bits per heavy atom. The van der Waals surface area contributed by atoms with E-state index in [-0.39, 0.29) is 29.8 Å². The number of amides is 1. The Bertz CT molecular complexity index is 424. The molecule has 1 aromatic rings. The van der Waals surface area contributed by atoms with Crippen LogP contribution in [0.5, 0.6) is 0 Å². The third kappa shape index (κ3) is 5.39. The van der Waals surface area contributed by atoms with Crippen LogP contribution in [0.2, 0.25) is 5.02 Å². The topological polar surface area (TPSA) is 55.1 Å². The maximum absolute atomic E-state index is 12.0. The lowest BCUT2D eigenvalue weighted by molar-refractivity contribution is -0.122. The van der Waals surface area contributed by atoms with Crippen LogP contribution in [0.4, 0.5) is 0 Å². The molecule has 3 nitrogen and oxygen atoms in total. The highest BCUT2D eigenvalue weighted by atomic mass is 35.5. The molecule has 1 unspecified atom stereocenters. The Hall–Kier alpha value is -0.770. The Kier molecular flexibility index (Phi) is 7.42. The second-order valence-electron chi connectivity index (χ2n) is 5.13. The summed E-state index contributed by atoms with van der Waals surface area (Å²) in [5.74, 6) is 0.254. The molecular weight excluding hydrogens is 283 g/mol. The first kappa shape index (κ1) is 18.2. The summed E-state index contributed by atoms with van der Waals surface area (Å²) in [6, 6.07) is 7.33. The normalized spacial score (nSPS) is 13.6. The zero-order valence-electron chi connectivity index (χ0n) is 11.6. The van der Waals surface area contributed by atoms with Crippen LogP contribution >= 0.6 is 24.0 Å². The van der Waals surface area contributed by atoms with E-state index in [4.69, 9.17) is 17.3 Å². The average molecular weight is 305 g/mol. The molecule has 1 aromatic carbocycles. The monoisotopic (exact) mass is 304 g/mol. The highest BCUT2D eigenvalue weighted by molar-refractivity contribution is 6.30. The van der Waals surface area contributed by atoms with Gasteiger partial charge in [-0.1, -0.05) is 37.6 Å². The quantitative estimate of drug-likeness (QED) is 0.879. The van der Waals surface area contributed by atoms with Gasteiger partial charge in [0.05, 0.1) is 12.0 Å². The standard InChI is InChI=1S/C14H21ClN2O.ClH/c1-10(2)14(3,9-16)17-13(18)8-11-5-4-6-12(15)7-11;/h4-7,10H,8-9,16H2,1-3H3,(H,17,18);1H. The minimum absolute atomic E-state index is 0. The van der Waals surface area contributed by atoms with Crippen molar-refractivity contribution in [1.29, 1.82) is 0 Å². The molecule has 108 valence electrons. The van der Waals surface area contributed by atoms with Gasteiger partial charge in [-0.05, 0) is 30.5 Å². The van der Waals surface area contributed by atoms with Gasteiger partial charge in [0.15, 0.2) is 0 Å². The van der Waals surface area contributed by atoms with E-state index in [1.165, 1.54) is 0 Å². The van der Waals surface area contributed by atoms with Gasteiger partial charge in [-0.15, -0.1) is 12.4 Å². The SMILES string of the molecule is CC(C)C(C)(CN)NC(=O)Cc1cccc(Cl)c1.Cl. The van der Waals surface area contributed by atoms with E-state index in [0.29, 0.717) is 18.0 Å². The summed E-state index contributed by atoms with van der Waals surface area (Å²) in [4.78, 5) is 12.0. The predicted octanol–water partition coefficient (Wildman–Crippen LogP) is 2.79. The van der Waals surface area contributed by atoms with E-state index in [0.717, 1.165) is 5.56 Å². The van der Waals surface area contributed by atoms with Gasteiger partial charge in [0.1, 0.15) is 0 Å². The van der Waals surface area contributed by atoms with Crippen molar-refractivity contribution in [3.8, 4) is 0 Å². The summed E-state index contributed by atoms with van der Waals surface area (Å²) >= 11 is 5.89. The zero-order valence-corrected chi connectivity index (χ0v) is 13.1. The van der Waals surface area contributed by atoms with E-state index in [9.17, 15) is 4.79 Å². The van der Waals surface area contributed by atoms with Crippen molar-refractivity contribution in [2.45, 2.75) is 32.7 Å². The minimum Gasteiger partial charge on any atom is -0.349 e. The average Bonchev–Trinajstić information content (AvgIpc) is 2.28. The van der Waals surface area contributed by atoms with Crippen molar-refractivity contribution >= 4 is 29.9 Å². The third-order valence-electron chi connectivity index (χ3n) is 3.38. The van der Waals surface area contributed by atoms with Crippen molar-refractivity contribution in [3.63, 3.8) is 0 Å². The number of halogens is 2. The smallest absolute Gasteiger partial charge is 0.224 e. The van der Waals surface area contributed by atoms with Crippen LogP contribution in [0.25, 0.3) is 0 Å². The Morgan fingerprint density at radius 1 is 1.47 bits per heavy atom. The molecule has 0 heterocycles. The maximum atomic E-state index is 12.0. The molecule has 0 saturated carbocycles. The number of rotatable bonds is 5. The number of hydrogen-bond acceptors (Lipinski definition) is 2. The molecule has 0 fully saturated rings. The van der Waals surface area contributed by atoms with Gasteiger partial charge in [-0.25, -0.2) is 0 Å². The number of hydrogen-bond donors (Lipinski definition) is 2. The molecule has 0 aliphatic carbocycles. The number of nitrogens with one attached hydrogen (secondary N) is 1. The highest BCUT2D eigenvalue weighted by Gasteiger charge is 2.28. The van der Waals surface area contributed by atoms with Crippen LogP contribution in [-0.4, -0.2) is 18.0 Å². The lowest BCUT2D eigenvalue weighted by Gasteiger charge is -2.33. The van der Waals surface area contributed by atoms with Gasteiger partial charge < -0.3 is 11.1 Å². The predicted molar refractivity (Wildman–Crippen MR) is 82.8 cm³/mol. The van der Waals surface area contributed by atoms with Crippen molar-refractivity contribution in [3.05, 3.63) is 34.9 Å². The molecule has 19 heavy (non-hydrogen) atoms. The second-order valence-corrected chi connectivity index (χ2v) is 5.57. The van der Waals surface area contributed by atoms with Crippen molar-refractivity contribution < 1.29 is 4.79 Å². The Morgan fingerprint density at radius 3 is 2.58 bits per heavy atom. The van der Waals surface area contributed by atoms with Crippen LogP contribution in [0.3, 0.4) is 0 Å². The van der Waals surface area contributed by atoms with E-state index in [1.807, 2.05) is 32.9 Å². The van der Waals surface area contributed by atoms with E-state index >= 15 is 0 Å². The van der Waals surface area contributed by atoms with Crippen LogP contribution in [0.1, 0.15) is 26.3 Å². The van der Waals surface area contributed by atoms with Gasteiger partial charge in [0.2, 0.25) is 5.91 Å². The molecule has 0 aliphatic rings. The summed E-state index contributed by atoms with van der Waals surface area (Å²) in [5, 5.41) is 3.65. The fraction of sp³-hybridized carbons (Fsp3) is 0.500. The number of benzene rings is 1. The summed E-state index contributed by atoms with van der Waals surface area (Å²) in [7, 11) is 0. The van der Waals surface area contributed by atoms with Gasteiger partial charge >= 0.3 is 0 Å². The van der Waals surface area contributed by atoms with Crippen LogP contribution in [-0.2, 0) is 11.2 Å². The lowest BCUT2D eigenvalue weighted by atomic mass is 9.88. The fourth-order valence-corrected chi connectivity index (χ4v) is 1.84. The van der Waals surface area contributed by atoms with Crippen molar-refractivity contribution in [2.24, 2.45) is 11.7 Å². The molecule has 1 atom stereocenters. The Labute approximate surface area is 126 Å². The van der Waals surface area contributed by atoms with Gasteiger partial charge in [0, 0.05) is 11.6 Å². The van der Waals surface area contributed by atoms with Gasteiger partial charge in [0.25, 0.3) is 0 Å². The minimum atomic E-state index is -0.365. The molecule has 1 rings (SSSR count). The van der Waals surface area contributed by atoms with Crippen molar-refractivity contribution in [2.75, 3.05) is 6.54 Å². The molecule has 0 saturated heterocycles. The molecule has 0 radical (unpaired) electrons. The van der Waals surface area contributed by atoms with Crippen LogP contribution in [0, 0.1) is 5.92 Å². The first-order valence-electron chi connectivity index (χ1n) is 6.13. The summed E-state index contributed by atoms with van der Waals surface area (Å²) < 4.78 is 0. The second kappa shape index (κ2) is 7.73. The molecule has 1 amide bonds. The first-order chi connectivity index (χ1) is 8.37. The molecule has 0 spiro atoms. The first-order valence-corrected chi connectivity index (χ1v) is 6.50. The largest absolute Gasteiger partial charge is 0.349 e. The maximum Gasteiger partial charge on any atom is 0.224 e. The van der Waals surface area contributed by atoms with Crippen molar-refractivity contribution in [1.82, 2.24) is 5.32 Å². The molecular formula is C14H22Cl2N2O. The highest BCUT2D eigenvalue weighted by Crippen LogP contribution is 2.16. The van der Waals surface area contributed by atoms with E-state index < -0.39 is 0 Å². The van der Waals surface area contributed by atoms with Crippen LogP contribution in [0.15, 0.2) is 24.3 Å². The summed E-state index contributed by atoms with van der Waals surface area (Å²) in [5.41, 5.74) is 6.28. The molecule has 3 N–H and O–H groups in total. The van der Waals surface area contributed by atoms with Crippen LogP contribution < -0.4 is 11.1 Å². The van der Waals surface area contributed by atoms with E-state index in [2.05, 4.69) is 5.32 Å². The van der Waals surface area contributed by atoms with E-state index in [1.54, 1.807) is 12.1 Å². The molecule has 0 bridgehead atoms. The molecule has 0 aromatic heterocycles.